The number of hydrogen-bond donors (Lipinski definition) is 0. The number of benzene rings is 9. The van der Waals surface area contributed by atoms with Crippen molar-refractivity contribution >= 4 is 102 Å². The lowest BCUT2D eigenvalue weighted by molar-refractivity contribution is 0.669. The molecule has 12 rings (SSSR count). The second-order valence-electron chi connectivity index (χ2n) is 12.3. The van der Waals surface area contributed by atoms with Gasteiger partial charge in [-0.3, -0.25) is 0 Å². The number of rotatable bonds is 6. The molecule has 0 bridgehead atoms. The average molecular weight is 809 g/mol. The fourth-order valence-electron chi connectivity index (χ4n) is 6.48. The molecule has 12 aromatic rings. The van der Waals surface area contributed by atoms with E-state index in [1.165, 1.54) is 0 Å². The number of nitrogens with zero attached hydrogens (tertiary/aromatic N) is 1. The molecule has 9 aromatic carbocycles. The standard InChI is InChI=1S/C54H33NOS2/c1-2-13-39(14-3-1)55(40-25-21-34(22-26-40)37-24-28-45-44-16-5-8-19-50(44)57-52(45)33-37)47-30-29-41(54-53(47)46-17-6-9-20-51(46)58-54)38-12-10-11-35(31-38)36-23-27-43-42-15-4-7-18-48(42)56-49(43)32-36/h1-33H/i1D,2D,3D,4D,5D,6D,7D,8D,9D,10D,11D,12D,13D,14D,15D,16D,17D,18D,19D,20D,21D,22D,23D,24D,25D,26D,27D,28D,29D,30D,31D,32D,33D. The van der Waals surface area contributed by atoms with Gasteiger partial charge in [0, 0.05) is 62.5 Å². The Balaban J connectivity index is 1.23. The lowest BCUT2D eigenvalue weighted by atomic mass is 9.96. The third-order valence-corrected chi connectivity index (χ3v) is 11.2. The lowest BCUT2D eigenvalue weighted by Gasteiger charge is -2.27. The van der Waals surface area contributed by atoms with Crippen LogP contribution in [0.15, 0.2) is 204 Å². The number of anilines is 3. The van der Waals surface area contributed by atoms with E-state index in [-0.39, 0.29) is 25.6 Å². The highest BCUT2D eigenvalue weighted by Crippen LogP contribution is 2.49. The zero-order valence-electron chi connectivity index (χ0n) is 61.7. The van der Waals surface area contributed by atoms with Crippen molar-refractivity contribution in [3.8, 4) is 33.4 Å². The maximum Gasteiger partial charge on any atom is 0.136 e. The van der Waals surface area contributed by atoms with E-state index in [1.807, 2.05) is 0 Å². The van der Waals surface area contributed by atoms with E-state index < -0.39 is 287 Å². The molecule has 0 amide bonds. The fourth-order valence-corrected chi connectivity index (χ4v) is 8.57. The van der Waals surface area contributed by atoms with Crippen molar-refractivity contribution in [2.75, 3.05) is 4.90 Å². The van der Waals surface area contributed by atoms with Crippen molar-refractivity contribution < 1.29 is 49.7 Å². The highest BCUT2D eigenvalue weighted by atomic mass is 32.1. The van der Waals surface area contributed by atoms with Crippen LogP contribution in [0.2, 0.25) is 0 Å². The summed E-state index contributed by atoms with van der Waals surface area (Å²) in [6, 6.07) is -30.8. The summed E-state index contributed by atoms with van der Waals surface area (Å²) >= 11 is 1.04. The predicted molar refractivity (Wildman–Crippen MR) is 250 cm³/mol. The molecule has 0 unspecified atom stereocenters. The summed E-state index contributed by atoms with van der Waals surface area (Å²) < 4.78 is 305. The zero-order valence-corrected chi connectivity index (χ0v) is 30.3. The van der Waals surface area contributed by atoms with Crippen LogP contribution in [0.1, 0.15) is 45.2 Å². The normalized spacial score (nSPS) is 19.8. The summed E-state index contributed by atoms with van der Waals surface area (Å²) in [7, 11) is 0. The average Bonchev–Trinajstić information content (AvgIpc) is 1.67. The van der Waals surface area contributed by atoms with Gasteiger partial charge in [0.05, 0.1) is 50.9 Å². The maximum atomic E-state index is 10.1. The van der Waals surface area contributed by atoms with Crippen LogP contribution in [0.3, 0.4) is 0 Å². The summed E-state index contributed by atoms with van der Waals surface area (Å²) in [5.41, 5.74) is -9.06. The van der Waals surface area contributed by atoms with Crippen LogP contribution in [0.4, 0.5) is 17.1 Å². The van der Waals surface area contributed by atoms with E-state index >= 15 is 0 Å². The molecule has 0 fully saturated rings. The van der Waals surface area contributed by atoms with E-state index in [2.05, 4.69) is 0 Å². The monoisotopic (exact) mass is 808 g/mol. The van der Waals surface area contributed by atoms with Crippen molar-refractivity contribution in [1.29, 1.82) is 0 Å². The van der Waals surface area contributed by atoms with Crippen molar-refractivity contribution in [3.05, 3.63) is 199 Å². The first kappa shape index (κ1) is 14.1. The first-order chi connectivity index (χ1) is 42.5. The highest BCUT2D eigenvalue weighted by molar-refractivity contribution is 7.26. The van der Waals surface area contributed by atoms with Gasteiger partial charge in [0.15, 0.2) is 0 Å². The number of fused-ring (bicyclic) bond motifs is 9. The molecule has 2 nitrogen and oxygen atoms in total. The van der Waals surface area contributed by atoms with E-state index in [0.29, 0.717) is 27.6 Å². The Morgan fingerprint density at radius 1 is 0.379 bits per heavy atom. The molecule has 58 heavy (non-hydrogen) atoms. The second kappa shape index (κ2) is 13.3. The third-order valence-electron chi connectivity index (χ3n) is 9.02. The molecule has 272 valence electrons. The fraction of sp³-hybridized carbons (Fsp3) is 0. The van der Waals surface area contributed by atoms with Gasteiger partial charge in [0.2, 0.25) is 0 Å². The van der Waals surface area contributed by atoms with Gasteiger partial charge < -0.3 is 9.32 Å². The second-order valence-corrected chi connectivity index (χ2v) is 14.3. The Morgan fingerprint density at radius 3 is 1.83 bits per heavy atom. The minimum Gasteiger partial charge on any atom is -0.456 e. The van der Waals surface area contributed by atoms with Crippen LogP contribution in [0.25, 0.3) is 95.7 Å². The van der Waals surface area contributed by atoms with Crippen LogP contribution < -0.4 is 4.90 Å². The first-order valence-electron chi connectivity index (χ1n) is 33.4. The van der Waals surface area contributed by atoms with E-state index in [0.717, 1.165) is 0 Å². The Hall–Kier alpha value is -6.98. The highest BCUT2D eigenvalue weighted by Gasteiger charge is 2.21. The molecule has 3 aromatic heterocycles. The summed E-state index contributed by atoms with van der Waals surface area (Å²) in [6.45, 7) is 0. The minimum atomic E-state index is -1.23. The predicted octanol–water partition coefficient (Wildman–Crippen LogP) is 16.8. The largest absolute Gasteiger partial charge is 0.456 e. The molecule has 0 atom stereocenters. The van der Waals surface area contributed by atoms with Gasteiger partial charge in [-0.05, 0) is 106 Å². The van der Waals surface area contributed by atoms with Gasteiger partial charge in [-0.1, -0.05) is 127 Å². The summed E-state index contributed by atoms with van der Waals surface area (Å²) in [6.07, 6.45) is 0. The molecular weight excluding hydrogens is 743 g/mol. The summed E-state index contributed by atoms with van der Waals surface area (Å²) in [4.78, 5) is 0.466. The lowest BCUT2D eigenvalue weighted by Crippen LogP contribution is -2.10. The molecule has 0 N–H and O–H groups in total. The molecule has 0 radical (unpaired) electrons. The van der Waals surface area contributed by atoms with Crippen molar-refractivity contribution in [2.45, 2.75) is 0 Å². The van der Waals surface area contributed by atoms with Crippen molar-refractivity contribution in [2.24, 2.45) is 0 Å². The number of thiophene rings is 2. The van der Waals surface area contributed by atoms with Gasteiger partial charge in [-0.15, -0.1) is 22.7 Å². The molecule has 0 saturated carbocycles. The first-order valence-corrected chi connectivity index (χ1v) is 18.5. The summed E-state index contributed by atoms with van der Waals surface area (Å²) in [5, 5.41) is -2.53. The molecule has 4 heteroatoms. The number of hydrogen-bond acceptors (Lipinski definition) is 4. The van der Waals surface area contributed by atoms with Crippen LogP contribution in [-0.2, 0) is 0 Å². The molecular formula is C54H33NOS2. The molecule has 0 spiro atoms. The molecule has 0 aliphatic heterocycles. The number of furan rings is 1. The van der Waals surface area contributed by atoms with Crippen LogP contribution in [-0.4, -0.2) is 0 Å². The minimum absolute atomic E-state index is 0.116. The smallest absolute Gasteiger partial charge is 0.136 e. The Morgan fingerprint density at radius 2 is 0.983 bits per heavy atom. The van der Waals surface area contributed by atoms with Crippen LogP contribution in [0.5, 0.6) is 0 Å². The molecule has 0 aliphatic rings. The Kier molecular flexibility index (Phi) is 3.25. The zero-order chi connectivity index (χ0) is 66.9. The Labute approximate surface area is 389 Å². The third kappa shape index (κ3) is 5.37. The Bertz CT molecular complexity index is 5420. The van der Waals surface area contributed by atoms with Gasteiger partial charge in [-0.25, -0.2) is 0 Å². The van der Waals surface area contributed by atoms with Crippen LogP contribution in [0, 0.1) is 0 Å². The van der Waals surface area contributed by atoms with Crippen LogP contribution >= 0.6 is 22.7 Å². The SMILES string of the molecule is [2H]c1c([2H])c([2H])c(N(c2c([2H])c([2H])c(-c3c([2H])c([2H])c4c(sc5c([2H])c([2H])c([2H])c([2H])c54)c3[2H])c([2H])c2[2H])c2c([2H])c([2H])c(-c3c([2H])c([2H])c([2H])c(-c4c([2H])c([2H])c5c(oc6c([2H])c([2H])c([2H])c([2H])c65)c4[2H])c3[2H])c3sc4c([2H])c([2H])c([2H])c([2H])c4c23)c([2H])c1[2H]. The van der Waals surface area contributed by atoms with E-state index in [4.69, 9.17) is 26.3 Å². The van der Waals surface area contributed by atoms with Gasteiger partial charge in [0.1, 0.15) is 11.2 Å². The van der Waals surface area contributed by atoms with Gasteiger partial charge in [-0.2, -0.15) is 0 Å². The van der Waals surface area contributed by atoms with Crippen molar-refractivity contribution in [1.82, 2.24) is 0 Å². The van der Waals surface area contributed by atoms with Gasteiger partial charge >= 0.3 is 0 Å². The van der Waals surface area contributed by atoms with Gasteiger partial charge in [0.25, 0.3) is 0 Å². The van der Waals surface area contributed by atoms with E-state index in [9.17, 15) is 23.3 Å². The van der Waals surface area contributed by atoms with Crippen molar-refractivity contribution in [3.63, 3.8) is 0 Å². The quantitative estimate of drug-likeness (QED) is 0.166. The summed E-state index contributed by atoms with van der Waals surface area (Å²) in [5.74, 6) is 0. The maximum absolute atomic E-state index is 10.1. The topological polar surface area (TPSA) is 16.4 Å². The molecule has 3 heterocycles. The number of para-hydroxylation sites is 2. The molecule has 0 saturated heterocycles. The molecule has 0 aliphatic carbocycles. The van der Waals surface area contributed by atoms with E-state index in [1.54, 1.807) is 0 Å².